The van der Waals surface area contributed by atoms with E-state index >= 15 is 0 Å². The van der Waals surface area contributed by atoms with E-state index in [1.54, 1.807) is 38.1 Å². The topological polar surface area (TPSA) is 89.4 Å². The summed E-state index contributed by atoms with van der Waals surface area (Å²) in [4.78, 5) is 23.0. The first kappa shape index (κ1) is 21.5. The number of nitrogens with two attached hydrogens (primary N) is 1. The van der Waals surface area contributed by atoms with Crippen molar-refractivity contribution in [3.8, 4) is 0 Å². The number of primary amides is 1. The van der Waals surface area contributed by atoms with E-state index in [0.717, 1.165) is 23.0 Å². The highest BCUT2D eigenvalue weighted by molar-refractivity contribution is 5.72. The van der Waals surface area contributed by atoms with E-state index in [0.29, 0.717) is 11.6 Å². The van der Waals surface area contributed by atoms with Gasteiger partial charge in [-0.25, -0.2) is 18.9 Å². The van der Waals surface area contributed by atoms with Gasteiger partial charge in [0.1, 0.15) is 12.4 Å². The summed E-state index contributed by atoms with van der Waals surface area (Å²) in [5.74, 6) is -2.61. The van der Waals surface area contributed by atoms with E-state index in [-0.39, 0.29) is 24.8 Å². The summed E-state index contributed by atoms with van der Waals surface area (Å²) in [5, 5.41) is 10.2. The fourth-order valence-electron chi connectivity index (χ4n) is 2.45. The quantitative estimate of drug-likeness (QED) is 0.672. The number of hydrogen-bond donors (Lipinski definition) is 2. The average Bonchev–Trinajstić information content (AvgIpc) is 2.62. The predicted octanol–water partition coefficient (Wildman–Crippen LogP) is 2.92. The second kappa shape index (κ2) is 9.91. The van der Waals surface area contributed by atoms with Crippen molar-refractivity contribution in [2.45, 2.75) is 39.1 Å². The van der Waals surface area contributed by atoms with Crippen LogP contribution in [0.15, 0.2) is 42.5 Å². The van der Waals surface area contributed by atoms with Gasteiger partial charge in [0.15, 0.2) is 17.6 Å². The van der Waals surface area contributed by atoms with E-state index in [2.05, 4.69) is 0 Å². The van der Waals surface area contributed by atoms with Gasteiger partial charge < -0.3 is 14.6 Å². The Morgan fingerprint density at radius 2 is 1.71 bits per heavy atom. The highest BCUT2D eigenvalue weighted by Gasteiger charge is 2.20. The van der Waals surface area contributed by atoms with Crippen LogP contribution in [0.5, 0.6) is 0 Å². The molecule has 2 aromatic rings. The molecule has 0 aliphatic heterocycles. The molecule has 3 N–H and O–H groups in total. The fraction of sp³-hybridized carbons (Fsp3) is 0.300. The summed E-state index contributed by atoms with van der Waals surface area (Å²) in [5.41, 5.74) is 1.39. The number of carbonyl (C=O) groups is 2. The lowest BCUT2D eigenvalue weighted by Crippen LogP contribution is -2.82. The van der Waals surface area contributed by atoms with Crippen LogP contribution in [0.2, 0.25) is 0 Å². The molecule has 0 fully saturated rings. The number of benzene rings is 2. The third-order valence-corrected chi connectivity index (χ3v) is 3.77. The van der Waals surface area contributed by atoms with Gasteiger partial charge in [0.05, 0.1) is 6.10 Å². The Morgan fingerprint density at radius 1 is 1.07 bits per heavy atom. The van der Waals surface area contributed by atoms with Crippen LogP contribution < -0.4 is 5.32 Å². The van der Waals surface area contributed by atoms with E-state index in [1.165, 1.54) is 0 Å². The van der Waals surface area contributed by atoms with Gasteiger partial charge in [-0.15, -0.1) is 0 Å². The fourth-order valence-corrected chi connectivity index (χ4v) is 2.45. The van der Waals surface area contributed by atoms with Crippen molar-refractivity contribution in [3.05, 3.63) is 65.2 Å². The van der Waals surface area contributed by atoms with Crippen LogP contribution in [-0.4, -0.2) is 29.4 Å². The highest BCUT2D eigenvalue weighted by atomic mass is 19.1. The molecule has 0 bridgehead atoms. The molecule has 0 saturated heterocycles. The molecule has 1 atom stereocenters. The van der Waals surface area contributed by atoms with Crippen molar-refractivity contribution in [1.82, 2.24) is 0 Å². The molecule has 0 aromatic heterocycles. The molecule has 6 nitrogen and oxygen atoms in total. The Kier molecular flexibility index (Phi) is 7.60. The molecule has 28 heavy (non-hydrogen) atoms. The molecule has 0 heterocycles. The van der Waals surface area contributed by atoms with Crippen molar-refractivity contribution < 1.29 is 38.3 Å². The molecule has 150 valence electrons. The lowest BCUT2D eigenvalue weighted by atomic mass is 10.1. The third-order valence-electron chi connectivity index (χ3n) is 3.77. The first-order valence-electron chi connectivity index (χ1n) is 8.67. The van der Waals surface area contributed by atoms with Gasteiger partial charge in [-0.05, 0) is 31.0 Å². The summed E-state index contributed by atoms with van der Waals surface area (Å²) in [7, 11) is 0. The number of halogens is 2. The number of ether oxygens (including phenoxy) is 2. The molecule has 0 saturated carbocycles. The normalized spacial score (nSPS) is 12.0. The standard InChI is InChI=1S/C20H21F2NO5/c1-12(2)28-18(19(24)25)9-13-3-5-14(6-4-13)11-27-20(26)23-17-8-7-15(21)10-16(17)22/h3-8,10,12,18H,9,11H2,1-2H3,(H,23,26)(H,24,25)/p+1. The van der Waals surface area contributed by atoms with Crippen LogP contribution in [0.25, 0.3) is 0 Å². The molecule has 0 aliphatic carbocycles. The maximum Gasteiger partial charge on any atom is 0.518 e. The Balaban J connectivity index is 1.88. The second-order valence-electron chi connectivity index (χ2n) is 6.45. The van der Waals surface area contributed by atoms with Gasteiger partial charge in [0.25, 0.3) is 0 Å². The summed E-state index contributed by atoms with van der Waals surface area (Å²) >= 11 is 0. The Hall–Kier alpha value is -2.84. The molecule has 2 rings (SSSR count). The highest BCUT2D eigenvalue weighted by Crippen LogP contribution is 2.12. The minimum Gasteiger partial charge on any atom is -0.479 e. The van der Waals surface area contributed by atoms with Crippen molar-refractivity contribution >= 4 is 17.7 Å². The van der Waals surface area contributed by atoms with Gasteiger partial charge in [0, 0.05) is 18.6 Å². The average molecular weight is 394 g/mol. The van der Waals surface area contributed by atoms with Gasteiger partial charge >= 0.3 is 12.1 Å². The summed E-state index contributed by atoms with van der Waals surface area (Å²) in [6.07, 6.45) is -1.69. The van der Waals surface area contributed by atoms with Crippen molar-refractivity contribution in [3.63, 3.8) is 0 Å². The summed E-state index contributed by atoms with van der Waals surface area (Å²) in [6, 6.07) is 9.75. The predicted molar refractivity (Wildman–Crippen MR) is 95.9 cm³/mol. The number of aliphatic carboxylic acids is 1. The van der Waals surface area contributed by atoms with Crippen molar-refractivity contribution in [2.24, 2.45) is 0 Å². The zero-order valence-electron chi connectivity index (χ0n) is 15.5. The molecule has 2 aromatic carbocycles. The number of carbonyl (C=O) groups excluding carboxylic acids is 1. The zero-order valence-corrected chi connectivity index (χ0v) is 15.5. The van der Waals surface area contributed by atoms with Crippen LogP contribution in [0.1, 0.15) is 25.0 Å². The summed E-state index contributed by atoms with van der Waals surface area (Å²) < 4.78 is 36.8. The van der Waals surface area contributed by atoms with Gasteiger partial charge in [0.2, 0.25) is 0 Å². The number of amides is 1. The zero-order chi connectivity index (χ0) is 20.7. The maximum atomic E-state index is 13.5. The minimum absolute atomic E-state index is 0.0384. The van der Waals surface area contributed by atoms with Crippen molar-refractivity contribution in [2.75, 3.05) is 0 Å². The largest absolute Gasteiger partial charge is 0.518 e. The van der Waals surface area contributed by atoms with Crippen LogP contribution in [0.3, 0.4) is 0 Å². The van der Waals surface area contributed by atoms with Gasteiger partial charge in [-0.2, -0.15) is 4.79 Å². The molecule has 1 amide bonds. The van der Waals surface area contributed by atoms with Crippen LogP contribution in [-0.2, 0) is 27.3 Å². The Bertz CT molecular complexity index is 824. The molecule has 0 spiro atoms. The van der Waals surface area contributed by atoms with Crippen molar-refractivity contribution in [1.29, 1.82) is 0 Å². The summed E-state index contributed by atoms with van der Waals surface area (Å²) in [6.45, 7) is 3.49. The molecule has 8 heteroatoms. The van der Waals surface area contributed by atoms with E-state index in [4.69, 9.17) is 9.47 Å². The number of carboxylic acids is 1. The van der Waals surface area contributed by atoms with Crippen LogP contribution in [0.4, 0.5) is 19.3 Å². The second-order valence-corrected chi connectivity index (χ2v) is 6.45. The van der Waals surface area contributed by atoms with E-state index in [1.807, 2.05) is 0 Å². The Labute approximate surface area is 161 Å². The van der Waals surface area contributed by atoms with Crippen LogP contribution in [0, 0.1) is 11.6 Å². The van der Waals surface area contributed by atoms with E-state index < -0.39 is 29.8 Å². The first-order chi connectivity index (χ1) is 13.2. The molecular weight excluding hydrogens is 372 g/mol. The lowest BCUT2D eigenvalue weighted by Gasteiger charge is -2.16. The minimum atomic E-state index is -1.03. The smallest absolute Gasteiger partial charge is 0.479 e. The van der Waals surface area contributed by atoms with E-state index in [9.17, 15) is 23.5 Å². The molecule has 0 aliphatic rings. The number of hydrogen-bond acceptors (Lipinski definition) is 4. The first-order valence-corrected chi connectivity index (χ1v) is 8.67. The maximum absolute atomic E-state index is 13.5. The molecule has 1 unspecified atom stereocenters. The Morgan fingerprint density at radius 3 is 2.29 bits per heavy atom. The number of quaternary nitrogens is 1. The third kappa shape index (κ3) is 6.71. The number of rotatable bonds is 8. The lowest BCUT2D eigenvalue weighted by molar-refractivity contribution is -0.485. The van der Waals surface area contributed by atoms with Gasteiger partial charge in [-0.3, -0.25) is 0 Å². The van der Waals surface area contributed by atoms with Crippen LogP contribution >= 0.6 is 0 Å². The number of carboxylic acid groups (broad SMARTS) is 1. The molecule has 0 radical (unpaired) electrons. The van der Waals surface area contributed by atoms with Gasteiger partial charge in [-0.1, -0.05) is 24.3 Å². The monoisotopic (exact) mass is 394 g/mol. The SMILES string of the molecule is CC(C)OC(Cc1ccc(COC(=O)[NH2+]c2ccc(F)cc2F)cc1)C(=O)O. The molecular formula is C20H22F2NO5+.